The third-order valence-corrected chi connectivity index (χ3v) is 5.50. The van der Waals surface area contributed by atoms with Crippen molar-refractivity contribution in [3.63, 3.8) is 0 Å². The van der Waals surface area contributed by atoms with Crippen molar-refractivity contribution < 1.29 is 9.59 Å². The summed E-state index contributed by atoms with van der Waals surface area (Å²) in [5.41, 5.74) is 4.68. The van der Waals surface area contributed by atoms with E-state index < -0.39 is 0 Å². The lowest BCUT2D eigenvalue weighted by molar-refractivity contribution is -0.114. The van der Waals surface area contributed by atoms with Gasteiger partial charge in [0.2, 0.25) is 11.8 Å². The molecule has 162 valence electrons. The van der Waals surface area contributed by atoms with Crippen molar-refractivity contribution in [1.29, 1.82) is 0 Å². The summed E-state index contributed by atoms with van der Waals surface area (Å²) in [5, 5.41) is 14.5. The fraction of sp³-hybridized carbons (Fsp3) is 0.182. The number of aromatic nitrogens is 5. The Kier molecular flexibility index (Phi) is 6.41. The van der Waals surface area contributed by atoms with E-state index in [0.29, 0.717) is 34.1 Å². The maximum absolute atomic E-state index is 12.4. The summed E-state index contributed by atoms with van der Waals surface area (Å²) in [6.45, 7) is 4.02. The molecule has 2 heterocycles. The van der Waals surface area contributed by atoms with Gasteiger partial charge in [-0.1, -0.05) is 52.9 Å². The standard InChI is InChI=1S/C22H21N7O2S/c1-14-6-8-16(9-7-14)11-29-21-20(27-28-29)22(24-13-23-21)32-12-19(31)26-18-5-3-4-17(10-18)25-15(2)30/h3-10,13H,11-12H2,1-2H3,(H,25,30)(H,26,31). The zero-order chi connectivity index (χ0) is 22.5. The molecule has 32 heavy (non-hydrogen) atoms. The van der Waals surface area contributed by atoms with Gasteiger partial charge in [0, 0.05) is 18.3 Å². The lowest BCUT2D eigenvalue weighted by atomic mass is 10.1. The van der Waals surface area contributed by atoms with Gasteiger partial charge in [0.15, 0.2) is 11.2 Å². The van der Waals surface area contributed by atoms with Crippen LogP contribution in [0.1, 0.15) is 18.1 Å². The number of amides is 2. The van der Waals surface area contributed by atoms with Crippen LogP contribution in [0.3, 0.4) is 0 Å². The third-order valence-electron chi connectivity index (χ3n) is 4.53. The Labute approximate surface area is 188 Å². The highest BCUT2D eigenvalue weighted by Crippen LogP contribution is 2.23. The minimum atomic E-state index is -0.200. The van der Waals surface area contributed by atoms with E-state index in [0.717, 1.165) is 5.56 Å². The first-order valence-electron chi connectivity index (χ1n) is 9.88. The van der Waals surface area contributed by atoms with Crippen molar-refractivity contribution in [2.75, 3.05) is 16.4 Å². The molecule has 0 aliphatic carbocycles. The number of aryl methyl sites for hydroxylation is 1. The van der Waals surface area contributed by atoms with E-state index in [1.165, 1.54) is 30.6 Å². The molecule has 4 aromatic rings. The van der Waals surface area contributed by atoms with Crippen LogP contribution in [0.2, 0.25) is 0 Å². The number of nitrogens with zero attached hydrogens (tertiary/aromatic N) is 5. The van der Waals surface area contributed by atoms with E-state index in [1.54, 1.807) is 28.9 Å². The fourth-order valence-electron chi connectivity index (χ4n) is 3.06. The van der Waals surface area contributed by atoms with Gasteiger partial charge in [0.05, 0.1) is 12.3 Å². The van der Waals surface area contributed by atoms with Crippen molar-refractivity contribution in [3.05, 3.63) is 66.0 Å². The van der Waals surface area contributed by atoms with Crippen LogP contribution >= 0.6 is 11.8 Å². The third kappa shape index (κ3) is 5.27. The van der Waals surface area contributed by atoms with Crippen LogP contribution in [0.25, 0.3) is 11.2 Å². The smallest absolute Gasteiger partial charge is 0.234 e. The molecule has 0 saturated carbocycles. The molecule has 0 radical (unpaired) electrons. The van der Waals surface area contributed by atoms with E-state index in [1.807, 2.05) is 19.1 Å². The largest absolute Gasteiger partial charge is 0.326 e. The fourth-order valence-corrected chi connectivity index (χ4v) is 3.79. The second-order valence-corrected chi connectivity index (χ2v) is 8.15. The summed E-state index contributed by atoms with van der Waals surface area (Å²) in [4.78, 5) is 32.2. The molecular formula is C22H21N7O2S. The number of anilines is 2. The summed E-state index contributed by atoms with van der Waals surface area (Å²) in [7, 11) is 0. The summed E-state index contributed by atoms with van der Waals surface area (Å²) in [6, 6.07) is 15.2. The average Bonchev–Trinajstić information content (AvgIpc) is 3.17. The zero-order valence-electron chi connectivity index (χ0n) is 17.6. The molecule has 2 N–H and O–H groups in total. The van der Waals surface area contributed by atoms with Crippen LogP contribution in [-0.4, -0.2) is 42.5 Å². The molecule has 0 spiro atoms. The molecule has 2 aromatic carbocycles. The highest BCUT2D eigenvalue weighted by Gasteiger charge is 2.14. The first-order valence-corrected chi connectivity index (χ1v) is 10.9. The highest BCUT2D eigenvalue weighted by molar-refractivity contribution is 8.00. The average molecular weight is 448 g/mol. The minimum Gasteiger partial charge on any atom is -0.326 e. The summed E-state index contributed by atoms with van der Waals surface area (Å²) >= 11 is 1.26. The van der Waals surface area contributed by atoms with E-state index in [2.05, 4.69) is 43.0 Å². The molecule has 10 heteroatoms. The number of hydrogen-bond donors (Lipinski definition) is 2. The lowest BCUT2D eigenvalue weighted by Gasteiger charge is -2.08. The molecule has 9 nitrogen and oxygen atoms in total. The Balaban J connectivity index is 1.42. The molecule has 2 aromatic heterocycles. The normalized spacial score (nSPS) is 10.8. The van der Waals surface area contributed by atoms with Gasteiger partial charge < -0.3 is 10.6 Å². The Bertz CT molecular complexity index is 1270. The van der Waals surface area contributed by atoms with Gasteiger partial charge in [0.25, 0.3) is 0 Å². The van der Waals surface area contributed by atoms with Gasteiger partial charge in [-0.3, -0.25) is 9.59 Å². The number of nitrogens with one attached hydrogen (secondary N) is 2. The molecular weight excluding hydrogens is 426 g/mol. The van der Waals surface area contributed by atoms with Gasteiger partial charge in [0.1, 0.15) is 11.4 Å². The first-order chi connectivity index (χ1) is 15.5. The highest BCUT2D eigenvalue weighted by atomic mass is 32.2. The Morgan fingerprint density at radius 2 is 1.78 bits per heavy atom. The van der Waals surface area contributed by atoms with Crippen LogP contribution in [-0.2, 0) is 16.1 Å². The van der Waals surface area contributed by atoms with Crippen molar-refractivity contribution in [1.82, 2.24) is 25.0 Å². The number of fused-ring (bicyclic) bond motifs is 1. The lowest BCUT2D eigenvalue weighted by Crippen LogP contribution is -2.14. The molecule has 0 fully saturated rings. The second kappa shape index (κ2) is 9.56. The van der Waals surface area contributed by atoms with Crippen molar-refractivity contribution in [2.24, 2.45) is 0 Å². The SMILES string of the molecule is CC(=O)Nc1cccc(NC(=O)CSc2ncnc3c2nnn3Cc2ccc(C)cc2)c1. The number of benzene rings is 2. The zero-order valence-corrected chi connectivity index (χ0v) is 18.4. The number of thioether (sulfide) groups is 1. The maximum Gasteiger partial charge on any atom is 0.234 e. The molecule has 0 bridgehead atoms. The predicted molar refractivity (Wildman–Crippen MR) is 123 cm³/mol. The number of carbonyl (C=O) groups is 2. The summed E-state index contributed by atoms with van der Waals surface area (Å²) < 4.78 is 1.72. The van der Waals surface area contributed by atoms with Crippen LogP contribution in [0.5, 0.6) is 0 Å². The first kappa shape index (κ1) is 21.4. The van der Waals surface area contributed by atoms with Gasteiger partial charge in [-0.05, 0) is 30.7 Å². The van der Waals surface area contributed by atoms with Crippen molar-refractivity contribution >= 4 is 46.1 Å². The second-order valence-electron chi connectivity index (χ2n) is 7.18. The number of hydrogen-bond acceptors (Lipinski definition) is 7. The van der Waals surface area contributed by atoms with Gasteiger partial charge in [-0.25, -0.2) is 14.6 Å². The van der Waals surface area contributed by atoms with Crippen LogP contribution in [0, 0.1) is 6.92 Å². The molecule has 0 atom stereocenters. The minimum absolute atomic E-state index is 0.140. The molecule has 0 aliphatic heterocycles. The molecule has 2 amide bonds. The van der Waals surface area contributed by atoms with Gasteiger partial charge >= 0.3 is 0 Å². The molecule has 4 rings (SSSR count). The van der Waals surface area contributed by atoms with Gasteiger partial charge in [-0.2, -0.15) is 0 Å². The Hall–Kier alpha value is -3.79. The molecule has 0 unspecified atom stereocenters. The monoisotopic (exact) mass is 447 g/mol. The Morgan fingerprint density at radius 1 is 1.03 bits per heavy atom. The number of rotatable bonds is 7. The van der Waals surface area contributed by atoms with Crippen molar-refractivity contribution in [3.8, 4) is 0 Å². The molecule has 0 saturated heterocycles. The van der Waals surface area contributed by atoms with E-state index in [4.69, 9.17) is 0 Å². The Morgan fingerprint density at radius 3 is 2.53 bits per heavy atom. The van der Waals surface area contributed by atoms with E-state index in [9.17, 15) is 9.59 Å². The quantitative estimate of drug-likeness (QED) is 0.330. The number of carbonyl (C=O) groups excluding carboxylic acids is 2. The summed E-state index contributed by atoms with van der Waals surface area (Å²) in [6.07, 6.45) is 1.45. The topological polar surface area (TPSA) is 115 Å². The van der Waals surface area contributed by atoms with Crippen LogP contribution in [0.15, 0.2) is 59.9 Å². The molecule has 0 aliphatic rings. The summed E-state index contributed by atoms with van der Waals surface area (Å²) in [5.74, 6) is -0.234. The van der Waals surface area contributed by atoms with Gasteiger partial charge in [-0.15, -0.1) is 5.10 Å². The van der Waals surface area contributed by atoms with Crippen molar-refractivity contribution in [2.45, 2.75) is 25.4 Å². The van der Waals surface area contributed by atoms with Crippen LogP contribution < -0.4 is 10.6 Å². The maximum atomic E-state index is 12.4. The predicted octanol–water partition coefficient (Wildman–Crippen LogP) is 3.27. The van der Waals surface area contributed by atoms with Crippen LogP contribution in [0.4, 0.5) is 11.4 Å². The van der Waals surface area contributed by atoms with E-state index in [-0.39, 0.29) is 17.6 Å². The van der Waals surface area contributed by atoms with E-state index >= 15 is 0 Å².